The molecule has 0 radical (unpaired) electrons. The number of hydrogen-bond donors (Lipinski definition) is 1. The van der Waals surface area contributed by atoms with E-state index >= 15 is 0 Å². The lowest BCUT2D eigenvalue weighted by Crippen LogP contribution is -2.57. The van der Waals surface area contributed by atoms with E-state index in [4.69, 9.17) is 5.11 Å². The molecule has 2 unspecified atom stereocenters. The maximum absolute atomic E-state index is 14.6. The maximum Gasteiger partial charge on any atom is 0.303 e. The van der Waals surface area contributed by atoms with E-state index in [-0.39, 0.29) is 48.8 Å². The molecule has 0 amide bonds. The molecule has 3 heterocycles. The number of aromatic nitrogens is 2. The zero-order valence-corrected chi connectivity index (χ0v) is 15.6. The summed E-state index contributed by atoms with van der Waals surface area (Å²) < 4.78 is 42.9. The van der Waals surface area contributed by atoms with Crippen LogP contribution in [0.3, 0.4) is 0 Å². The predicted molar refractivity (Wildman–Crippen MR) is 95.5 cm³/mol. The van der Waals surface area contributed by atoms with E-state index in [1.165, 1.54) is 0 Å². The molecule has 9 heteroatoms. The van der Waals surface area contributed by atoms with Crippen LogP contribution in [-0.2, 0) is 17.1 Å². The SMILES string of the molecule is CC1C(F)CN1c1nc(N2C[C@@H]3[C@H](CC(=O)O)[C@@H]3C2)c2c(n1)C(F)(F)CCC2. The Morgan fingerprint density at radius 1 is 1.25 bits per heavy atom. The second-order valence-electron chi connectivity index (χ2n) is 8.64. The lowest BCUT2D eigenvalue weighted by Gasteiger charge is -2.43. The maximum atomic E-state index is 14.6. The third-order valence-corrected chi connectivity index (χ3v) is 6.96. The molecule has 6 nitrogen and oxygen atoms in total. The van der Waals surface area contributed by atoms with Crippen LogP contribution in [0.5, 0.6) is 0 Å². The molecular formula is C19H23F3N4O2. The van der Waals surface area contributed by atoms with Gasteiger partial charge in [0.15, 0.2) is 0 Å². The van der Waals surface area contributed by atoms with Crippen LogP contribution < -0.4 is 9.80 Å². The number of halogens is 3. The second-order valence-corrected chi connectivity index (χ2v) is 8.64. The second kappa shape index (κ2) is 5.97. The van der Waals surface area contributed by atoms with Gasteiger partial charge in [-0.25, -0.2) is 9.37 Å². The van der Waals surface area contributed by atoms with Gasteiger partial charge in [-0.1, -0.05) is 0 Å². The average molecular weight is 396 g/mol. The number of nitrogens with zero attached hydrogens (tertiary/aromatic N) is 4. The quantitative estimate of drug-likeness (QED) is 0.844. The van der Waals surface area contributed by atoms with Gasteiger partial charge in [0.2, 0.25) is 5.95 Å². The molecule has 2 aliphatic heterocycles. The van der Waals surface area contributed by atoms with Crippen molar-refractivity contribution in [3.8, 4) is 0 Å². The third-order valence-electron chi connectivity index (χ3n) is 6.96. The van der Waals surface area contributed by atoms with Gasteiger partial charge in [-0.2, -0.15) is 13.8 Å². The largest absolute Gasteiger partial charge is 0.481 e. The van der Waals surface area contributed by atoms with Crippen molar-refractivity contribution in [1.29, 1.82) is 0 Å². The topological polar surface area (TPSA) is 69.6 Å². The molecule has 3 fully saturated rings. The Morgan fingerprint density at radius 3 is 2.57 bits per heavy atom. The smallest absolute Gasteiger partial charge is 0.303 e. The number of carboxylic acids is 1. The van der Waals surface area contributed by atoms with Gasteiger partial charge in [0.25, 0.3) is 5.92 Å². The molecule has 0 spiro atoms. The highest BCUT2D eigenvalue weighted by atomic mass is 19.3. The first-order valence-electron chi connectivity index (χ1n) is 9.93. The fraction of sp³-hybridized carbons (Fsp3) is 0.737. The van der Waals surface area contributed by atoms with Gasteiger partial charge >= 0.3 is 5.97 Å². The van der Waals surface area contributed by atoms with E-state index < -0.39 is 24.1 Å². The Kier molecular flexibility index (Phi) is 3.84. The molecule has 0 bridgehead atoms. The number of carbonyl (C=O) groups is 1. The van der Waals surface area contributed by atoms with Crippen molar-refractivity contribution in [2.75, 3.05) is 29.4 Å². The van der Waals surface area contributed by atoms with E-state index in [0.717, 1.165) is 0 Å². The van der Waals surface area contributed by atoms with Crippen molar-refractivity contribution in [2.45, 2.75) is 50.7 Å². The highest BCUT2D eigenvalue weighted by Gasteiger charge is 2.57. The van der Waals surface area contributed by atoms with E-state index in [0.29, 0.717) is 37.3 Å². The van der Waals surface area contributed by atoms with Gasteiger partial charge in [-0.3, -0.25) is 4.79 Å². The van der Waals surface area contributed by atoms with Gasteiger partial charge in [0.05, 0.1) is 12.6 Å². The molecule has 0 aromatic carbocycles. The molecule has 5 rings (SSSR count). The Balaban J connectivity index is 1.47. The molecule has 5 atom stereocenters. The van der Waals surface area contributed by atoms with Gasteiger partial charge < -0.3 is 14.9 Å². The number of anilines is 2. The van der Waals surface area contributed by atoms with Gasteiger partial charge in [0.1, 0.15) is 17.7 Å². The summed E-state index contributed by atoms with van der Waals surface area (Å²) in [6.07, 6.45) is -0.183. The highest BCUT2D eigenvalue weighted by molar-refractivity contribution is 5.68. The molecule has 1 aromatic rings. The summed E-state index contributed by atoms with van der Waals surface area (Å²) >= 11 is 0. The molecule has 1 N–H and O–H groups in total. The third kappa shape index (κ3) is 2.65. The van der Waals surface area contributed by atoms with Crippen molar-refractivity contribution < 1.29 is 23.1 Å². The first-order chi connectivity index (χ1) is 13.3. The Labute approximate surface area is 160 Å². The number of carboxylic acid groups (broad SMARTS) is 1. The van der Waals surface area contributed by atoms with Crippen LogP contribution in [0, 0.1) is 17.8 Å². The molecule has 4 aliphatic rings. The summed E-state index contributed by atoms with van der Waals surface area (Å²) in [4.78, 5) is 23.4. The molecule has 28 heavy (non-hydrogen) atoms. The molecule has 2 saturated heterocycles. The number of aliphatic carboxylic acids is 1. The number of rotatable bonds is 4. The summed E-state index contributed by atoms with van der Waals surface area (Å²) in [5.74, 6) is -2.33. The molecule has 1 saturated carbocycles. The van der Waals surface area contributed by atoms with Gasteiger partial charge in [-0.05, 0) is 37.5 Å². The van der Waals surface area contributed by atoms with Crippen LogP contribution in [0.25, 0.3) is 0 Å². The fourth-order valence-corrected chi connectivity index (χ4v) is 5.14. The Hall–Kier alpha value is -2.06. The van der Waals surface area contributed by atoms with Crippen molar-refractivity contribution >= 4 is 17.7 Å². The average Bonchev–Trinajstić information content (AvgIpc) is 3.07. The summed E-state index contributed by atoms with van der Waals surface area (Å²) in [6.45, 7) is 3.10. The summed E-state index contributed by atoms with van der Waals surface area (Å²) in [6, 6.07) is -0.421. The van der Waals surface area contributed by atoms with Gasteiger partial charge in [0, 0.05) is 31.5 Å². The Bertz CT molecular complexity index is 824. The van der Waals surface area contributed by atoms with Gasteiger partial charge in [-0.15, -0.1) is 0 Å². The van der Waals surface area contributed by atoms with Crippen molar-refractivity contribution in [1.82, 2.24) is 9.97 Å². The minimum atomic E-state index is -3.00. The minimum Gasteiger partial charge on any atom is -0.481 e. The lowest BCUT2D eigenvalue weighted by molar-refractivity contribution is -0.137. The van der Waals surface area contributed by atoms with Crippen LogP contribution in [0.15, 0.2) is 0 Å². The van der Waals surface area contributed by atoms with E-state index in [1.54, 1.807) is 11.8 Å². The standard InChI is InChI=1S/C19H23F3N4O2/c1-9-14(20)8-26(9)18-23-16-10(3-2-4-19(16,21)22)17(24-18)25-6-12-11(5-15(27)28)13(12)7-25/h9,11-14H,2-8H2,1H3,(H,27,28)/t9?,11-,12+,13-,14?. The van der Waals surface area contributed by atoms with E-state index in [1.807, 2.05) is 4.90 Å². The summed E-state index contributed by atoms with van der Waals surface area (Å²) in [7, 11) is 0. The molecule has 152 valence electrons. The number of alkyl halides is 3. The summed E-state index contributed by atoms with van der Waals surface area (Å²) in [5.41, 5.74) is 0.289. The molecule has 1 aromatic heterocycles. The van der Waals surface area contributed by atoms with Crippen LogP contribution in [0.4, 0.5) is 24.9 Å². The monoisotopic (exact) mass is 396 g/mol. The fourth-order valence-electron chi connectivity index (χ4n) is 5.14. The number of hydrogen-bond acceptors (Lipinski definition) is 5. The zero-order chi connectivity index (χ0) is 19.8. The van der Waals surface area contributed by atoms with Crippen LogP contribution in [0.1, 0.15) is 37.4 Å². The van der Waals surface area contributed by atoms with Crippen LogP contribution >= 0.6 is 0 Å². The van der Waals surface area contributed by atoms with Crippen molar-refractivity contribution in [3.63, 3.8) is 0 Å². The van der Waals surface area contributed by atoms with Crippen LogP contribution in [0.2, 0.25) is 0 Å². The first-order valence-corrected chi connectivity index (χ1v) is 9.93. The van der Waals surface area contributed by atoms with E-state index in [9.17, 15) is 18.0 Å². The normalized spacial score (nSPS) is 35.2. The Morgan fingerprint density at radius 2 is 1.96 bits per heavy atom. The number of piperidine rings is 1. The first kappa shape index (κ1) is 18.0. The zero-order valence-electron chi connectivity index (χ0n) is 15.6. The molecule has 2 aliphatic carbocycles. The highest BCUT2D eigenvalue weighted by Crippen LogP contribution is 2.55. The van der Waals surface area contributed by atoms with Crippen LogP contribution in [-0.4, -0.2) is 52.9 Å². The van der Waals surface area contributed by atoms with Crippen molar-refractivity contribution in [2.24, 2.45) is 17.8 Å². The lowest BCUT2D eigenvalue weighted by atomic mass is 9.92. The number of fused-ring (bicyclic) bond motifs is 2. The van der Waals surface area contributed by atoms with E-state index in [2.05, 4.69) is 9.97 Å². The predicted octanol–water partition coefficient (Wildman–Crippen LogP) is 2.61. The minimum absolute atomic E-state index is 0.122. The van der Waals surface area contributed by atoms with Crippen molar-refractivity contribution in [3.05, 3.63) is 11.3 Å². The summed E-state index contributed by atoms with van der Waals surface area (Å²) in [5, 5.41) is 9.00. The molecular weight excluding hydrogens is 373 g/mol.